The molecule has 2 heterocycles. The lowest BCUT2D eigenvalue weighted by Crippen LogP contribution is -2.74. The van der Waals surface area contributed by atoms with Crippen molar-refractivity contribution in [3.8, 4) is 33.6 Å². The summed E-state index contributed by atoms with van der Waals surface area (Å²) in [7, 11) is -2.75. The van der Waals surface area contributed by atoms with E-state index < -0.39 is 8.07 Å². The van der Waals surface area contributed by atoms with Crippen LogP contribution >= 0.6 is 0 Å². The van der Waals surface area contributed by atoms with Crippen molar-refractivity contribution in [1.29, 1.82) is 0 Å². The molecule has 3 heteroatoms. The maximum absolute atomic E-state index is 2.75. The van der Waals surface area contributed by atoms with Gasteiger partial charge in [0.15, 0.2) is 8.07 Å². The molecule has 12 rings (SSSR count). The van der Waals surface area contributed by atoms with Crippen LogP contribution in [0.1, 0.15) is 0 Å². The standard InChI is InChI=1S/C60H42N2Si/c1-6-20-43(21-7-1)45-38-46(44-22-8-2-9-23-44)40-48(39-45)62-57-32-18-16-30-53(57)55-36-34-47(41-60(55)62)61-58-33-19-17-31-54(58)56-42-52(35-37-59(56)61)63(49-24-10-3-11-25-49,50-26-12-4-13-27-50)51-28-14-5-15-29-51/h1-42H. The van der Waals surface area contributed by atoms with E-state index in [1.807, 2.05) is 0 Å². The van der Waals surface area contributed by atoms with E-state index in [-0.39, 0.29) is 0 Å². The molecule has 0 saturated heterocycles. The molecule has 0 aliphatic rings. The van der Waals surface area contributed by atoms with Gasteiger partial charge < -0.3 is 9.13 Å². The second-order valence-electron chi connectivity index (χ2n) is 16.5. The second kappa shape index (κ2) is 15.2. The van der Waals surface area contributed by atoms with Gasteiger partial charge in [-0.25, -0.2) is 0 Å². The van der Waals surface area contributed by atoms with Crippen molar-refractivity contribution in [2.45, 2.75) is 0 Å². The molecule has 0 atom stereocenters. The van der Waals surface area contributed by atoms with Crippen molar-refractivity contribution in [1.82, 2.24) is 9.13 Å². The lowest BCUT2D eigenvalue weighted by Gasteiger charge is -2.34. The van der Waals surface area contributed by atoms with Gasteiger partial charge in [-0.3, -0.25) is 0 Å². The van der Waals surface area contributed by atoms with Gasteiger partial charge in [0.1, 0.15) is 0 Å². The average molecular weight is 819 g/mol. The van der Waals surface area contributed by atoms with Crippen molar-refractivity contribution >= 4 is 72.4 Å². The minimum absolute atomic E-state index is 1.13. The molecule has 0 fully saturated rings. The maximum atomic E-state index is 2.52. The third-order valence-electron chi connectivity index (χ3n) is 13.0. The Morgan fingerprint density at radius 2 is 0.635 bits per heavy atom. The van der Waals surface area contributed by atoms with Crippen LogP contribution in [-0.4, -0.2) is 17.2 Å². The van der Waals surface area contributed by atoms with E-state index in [9.17, 15) is 0 Å². The Morgan fingerprint density at radius 3 is 1.16 bits per heavy atom. The Labute approximate surface area is 368 Å². The molecule has 0 N–H and O–H groups in total. The molecule has 0 radical (unpaired) electrons. The Hall–Kier alpha value is -7.98. The number of hydrogen-bond donors (Lipinski definition) is 0. The quantitative estimate of drug-likeness (QED) is 0.107. The zero-order valence-corrected chi connectivity index (χ0v) is 35.6. The first-order valence-corrected chi connectivity index (χ1v) is 23.8. The molecular weight excluding hydrogens is 777 g/mol. The monoisotopic (exact) mass is 818 g/mol. The summed E-state index contributed by atoms with van der Waals surface area (Å²) in [5, 5.41) is 10.4. The van der Waals surface area contributed by atoms with Crippen LogP contribution in [-0.2, 0) is 0 Å². The normalized spacial score (nSPS) is 11.8. The number of benzene rings is 10. The van der Waals surface area contributed by atoms with Crippen molar-refractivity contribution in [3.63, 3.8) is 0 Å². The van der Waals surface area contributed by atoms with Gasteiger partial charge in [-0.05, 0) is 91.5 Å². The molecule has 2 nitrogen and oxygen atoms in total. The third-order valence-corrected chi connectivity index (χ3v) is 17.8. The molecule has 0 bridgehead atoms. The van der Waals surface area contributed by atoms with Crippen molar-refractivity contribution in [2.24, 2.45) is 0 Å². The third kappa shape index (κ3) is 6.00. The minimum Gasteiger partial charge on any atom is -0.309 e. The van der Waals surface area contributed by atoms with E-state index >= 15 is 0 Å². The summed E-state index contributed by atoms with van der Waals surface area (Å²) in [4.78, 5) is 0. The van der Waals surface area contributed by atoms with Gasteiger partial charge in [-0.15, -0.1) is 0 Å². The minimum atomic E-state index is -2.75. The van der Waals surface area contributed by atoms with Gasteiger partial charge in [-0.1, -0.05) is 206 Å². The van der Waals surface area contributed by atoms with Crippen LogP contribution in [0.5, 0.6) is 0 Å². The zero-order chi connectivity index (χ0) is 41.7. The second-order valence-corrected chi connectivity index (χ2v) is 20.3. The molecule has 0 unspecified atom stereocenters. The van der Waals surface area contributed by atoms with Crippen LogP contribution in [0, 0.1) is 0 Å². The molecule has 63 heavy (non-hydrogen) atoms. The predicted molar refractivity (Wildman–Crippen MR) is 270 cm³/mol. The van der Waals surface area contributed by atoms with E-state index in [2.05, 4.69) is 264 Å². The highest BCUT2D eigenvalue weighted by molar-refractivity contribution is 7.20. The van der Waals surface area contributed by atoms with E-state index in [1.165, 1.54) is 86.6 Å². The van der Waals surface area contributed by atoms with Crippen molar-refractivity contribution in [2.75, 3.05) is 0 Å². The Morgan fingerprint density at radius 1 is 0.222 bits per heavy atom. The molecule has 0 spiro atoms. The van der Waals surface area contributed by atoms with Crippen LogP contribution in [0.4, 0.5) is 0 Å². The van der Waals surface area contributed by atoms with Gasteiger partial charge in [0.25, 0.3) is 0 Å². The largest absolute Gasteiger partial charge is 0.309 e. The first kappa shape index (κ1) is 36.8. The summed E-state index contributed by atoms with van der Waals surface area (Å²) in [5.74, 6) is 0. The number of para-hydroxylation sites is 2. The molecule has 0 amide bonds. The number of nitrogens with zero attached hydrogens (tertiary/aromatic N) is 2. The fourth-order valence-corrected chi connectivity index (χ4v) is 15.0. The number of hydrogen-bond acceptors (Lipinski definition) is 0. The highest BCUT2D eigenvalue weighted by Crippen LogP contribution is 2.39. The highest BCUT2D eigenvalue weighted by Gasteiger charge is 2.41. The summed E-state index contributed by atoms with van der Waals surface area (Å²) in [5.41, 5.74) is 11.8. The molecule has 12 aromatic rings. The topological polar surface area (TPSA) is 9.86 Å². The Bertz CT molecular complexity index is 3440. The molecule has 0 aliphatic carbocycles. The van der Waals surface area contributed by atoms with Crippen LogP contribution in [0.2, 0.25) is 0 Å². The smallest absolute Gasteiger partial charge is 0.179 e. The van der Waals surface area contributed by atoms with Crippen molar-refractivity contribution < 1.29 is 0 Å². The lowest BCUT2D eigenvalue weighted by atomic mass is 9.98. The molecule has 10 aromatic carbocycles. The predicted octanol–water partition coefficient (Wildman–Crippen LogP) is 12.6. The first-order valence-electron chi connectivity index (χ1n) is 21.8. The van der Waals surface area contributed by atoms with Crippen LogP contribution in [0.3, 0.4) is 0 Å². The SMILES string of the molecule is c1ccc(-c2cc(-c3ccccc3)cc(-n3c4ccccc4c4ccc(-n5c6ccccc6c6cc([Si](c7ccccc7)(c7ccccc7)c7ccccc7)ccc65)cc43)c2)cc1. The summed E-state index contributed by atoms with van der Waals surface area (Å²) in [6.45, 7) is 0. The fourth-order valence-electron chi connectivity index (χ4n) is 10.3. The van der Waals surface area contributed by atoms with Crippen LogP contribution in [0.15, 0.2) is 255 Å². The number of rotatable bonds is 8. The summed E-state index contributed by atoms with van der Waals surface area (Å²) in [6.07, 6.45) is 0. The molecule has 0 aliphatic heterocycles. The Balaban J connectivity index is 1.11. The molecule has 296 valence electrons. The van der Waals surface area contributed by atoms with Gasteiger partial charge in [0, 0.05) is 32.9 Å². The molecule has 2 aromatic heterocycles. The summed E-state index contributed by atoms with van der Waals surface area (Å²) in [6, 6.07) is 94.3. The van der Waals surface area contributed by atoms with E-state index in [4.69, 9.17) is 0 Å². The van der Waals surface area contributed by atoms with Crippen molar-refractivity contribution in [3.05, 3.63) is 255 Å². The lowest BCUT2D eigenvalue weighted by molar-refractivity contribution is 1.16. The van der Waals surface area contributed by atoms with Gasteiger partial charge in [-0.2, -0.15) is 0 Å². The van der Waals surface area contributed by atoms with Gasteiger partial charge in [0.05, 0.1) is 22.1 Å². The van der Waals surface area contributed by atoms with E-state index in [1.54, 1.807) is 0 Å². The van der Waals surface area contributed by atoms with Gasteiger partial charge >= 0.3 is 0 Å². The highest BCUT2D eigenvalue weighted by atomic mass is 28.3. The maximum Gasteiger partial charge on any atom is 0.179 e. The van der Waals surface area contributed by atoms with E-state index in [0.717, 1.165) is 11.4 Å². The molecule has 0 saturated carbocycles. The summed E-state index contributed by atoms with van der Waals surface area (Å²) < 4.78 is 4.95. The summed E-state index contributed by atoms with van der Waals surface area (Å²) >= 11 is 0. The van der Waals surface area contributed by atoms with Crippen LogP contribution < -0.4 is 20.7 Å². The molecular formula is C60H42N2Si. The first-order chi connectivity index (χ1) is 31.3. The average Bonchev–Trinajstić information content (AvgIpc) is 3.88. The van der Waals surface area contributed by atoms with Gasteiger partial charge in [0.2, 0.25) is 0 Å². The number of fused-ring (bicyclic) bond motifs is 6. The van der Waals surface area contributed by atoms with Crippen LogP contribution in [0.25, 0.3) is 77.2 Å². The zero-order valence-electron chi connectivity index (χ0n) is 34.6. The van der Waals surface area contributed by atoms with E-state index in [0.29, 0.717) is 0 Å². The fraction of sp³-hybridized carbons (Fsp3) is 0. The Kier molecular flexibility index (Phi) is 8.87. The number of aromatic nitrogens is 2.